The van der Waals surface area contributed by atoms with Crippen molar-refractivity contribution in [2.75, 3.05) is 0 Å². The molecule has 4 bridgehead atoms. The lowest BCUT2D eigenvalue weighted by atomic mass is 9.43. The highest BCUT2D eigenvalue weighted by Gasteiger charge is 2.61. The summed E-state index contributed by atoms with van der Waals surface area (Å²) in [5.74, 6) is 3.50. The third-order valence-electron chi connectivity index (χ3n) is 13.7. The maximum absolute atomic E-state index is 6.40. The Hall–Kier alpha value is -5.40. The zero-order valence-corrected chi connectivity index (χ0v) is 28.6. The van der Waals surface area contributed by atoms with Gasteiger partial charge in [-0.3, -0.25) is 0 Å². The minimum absolute atomic E-state index is 0.215. The van der Waals surface area contributed by atoms with Gasteiger partial charge in [-0.1, -0.05) is 109 Å². The van der Waals surface area contributed by atoms with Crippen molar-refractivity contribution in [3.8, 4) is 44.5 Å². The van der Waals surface area contributed by atoms with Crippen LogP contribution in [0, 0.1) is 23.7 Å². The SMILES string of the molecule is c1ccc2c(c1)-c1cc(-c3ccc4oc5ccc(-c6ccc(-c7ccc8ccccc8c7)cc6)cc5c4c3)ccc1C21C2CC3CC(C2)CC1C3. The van der Waals surface area contributed by atoms with Crippen LogP contribution in [0.15, 0.2) is 150 Å². The summed E-state index contributed by atoms with van der Waals surface area (Å²) in [4.78, 5) is 0. The molecule has 0 aliphatic heterocycles. The van der Waals surface area contributed by atoms with Crippen LogP contribution in [-0.2, 0) is 5.41 Å². The van der Waals surface area contributed by atoms with E-state index in [1.54, 1.807) is 11.1 Å². The van der Waals surface area contributed by atoms with Crippen LogP contribution in [0.2, 0.25) is 0 Å². The summed E-state index contributed by atoms with van der Waals surface area (Å²) in [6.45, 7) is 0. The molecule has 13 rings (SSSR count). The number of fused-ring (bicyclic) bond motifs is 7. The fraction of sp³-hybridized carbons (Fsp3) is 0.200. The molecular formula is C50H38O. The average Bonchev–Trinajstić information content (AvgIpc) is 3.69. The van der Waals surface area contributed by atoms with Gasteiger partial charge in [0.1, 0.15) is 11.2 Å². The van der Waals surface area contributed by atoms with E-state index < -0.39 is 0 Å². The molecular weight excluding hydrogens is 617 g/mol. The summed E-state index contributed by atoms with van der Waals surface area (Å²) < 4.78 is 6.40. The van der Waals surface area contributed by atoms with Crippen molar-refractivity contribution in [1.82, 2.24) is 0 Å². The fourth-order valence-electron chi connectivity index (χ4n) is 11.7. The van der Waals surface area contributed by atoms with Crippen LogP contribution in [-0.4, -0.2) is 0 Å². The molecule has 0 unspecified atom stereocenters. The standard InChI is InChI=1S/C50H38O/c1-2-6-35-26-36(14-13-32(35)5-1)33-9-11-34(12-10-33)37-16-19-48-44(28-37)45-29-39(17-20-49(45)51-48)38-15-18-47-43(27-38)42-7-3-4-8-46(42)50(47)40-22-30-21-31(24-40)25-41(50)23-30/h1-20,26-31,40-41H,21-25H2. The van der Waals surface area contributed by atoms with E-state index in [4.69, 9.17) is 4.42 Å². The Bertz CT molecular complexity index is 2680. The zero-order chi connectivity index (χ0) is 33.3. The molecule has 1 aromatic heterocycles. The van der Waals surface area contributed by atoms with Crippen LogP contribution in [0.1, 0.15) is 43.2 Å². The second-order valence-corrected chi connectivity index (χ2v) is 16.1. The van der Waals surface area contributed by atoms with Gasteiger partial charge in [0.25, 0.3) is 0 Å². The fourth-order valence-corrected chi connectivity index (χ4v) is 11.7. The molecule has 0 saturated heterocycles. The number of hydrogen-bond acceptors (Lipinski definition) is 1. The monoisotopic (exact) mass is 654 g/mol. The van der Waals surface area contributed by atoms with Crippen molar-refractivity contribution in [2.45, 2.75) is 37.5 Å². The number of furan rings is 1. The molecule has 51 heavy (non-hydrogen) atoms. The second kappa shape index (κ2) is 10.3. The first-order valence-electron chi connectivity index (χ1n) is 19.0. The maximum Gasteiger partial charge on any atom is 0.135 e. The summed E-state index contributed by atoms with van der Waals surface area (Å²) in [6, 6.07) is 54.6. The van der Waals surface area contributed by atoms with Gasteiger partial charge in [-0.05, 0) is 159 Å². The normalized spacial score (nSPS) is 24.2. The second-order valence-electron chi connectivity index (χ2n) is 16.1. The van der Waals surface area contributed by atoms with Crippen molar-refractivity contribution < 1.29 is 4.42 Å². The molecule has 0 radical (unpaired) electrons. The van der Waals surface area contributed by atoms with E-state index in [0.717, 1.165) is 34.8 Å². The van der Waals surface area contributed by atoms with Crippen LogP contribution >= 0.6 is 0 Å². The largest absolute Gasteiger partial charge is 0.456 e. The summed E-state index contributed by atoms with van der Waals surface area (Å²) in [6.07, 6.45) is 7.17. The van der Waals surface area contributed by atoms with E-state index in [1.807, 2.05) is 0 Å². The Morgan fingerprint density at radius 2 is 0.902 bits per heavy atom. The van der Waals surface area contributed by atoms with Gasteiger partial charge >= 0.3 is 0 Å². The van der Waals surface area contributed by atoms with Crippen LogP contribution < -0.4 is 0 Å². The van der Waals surface area contributed by atoms with Crippen molar-refractivity contribution >= 4 is 32.7 Å². The van der Waals surface area contributed by atoms with Crippen LogP contribution in [0.3, 0.4) is 0 Å². The van der Waals surface area contributed by atoms with Crippen molar-refractivity contribution in [3.05, 3.63) is 157 Å². The Morgan fingerprint density at radius 1 is 0.392 bits per heavy atom. The quantitative estimate of drug-likeness (QED) is 0.185. The van der Waals surface area contributed by atoms with Crippen molar-refractivity contribution in [2.24, 2.45) is 23.7 Å². The number of rotatable bonds is 3. The third-order valence-corrected chi connectivity index (χ3v) is 13.7. The van der Waals surface area contributed by atoms with E-state index in [2.05, 4.69) is 146 Å². The molecule has 1 spiro atoms. The smallest absolute Gasteiger partial charge is 0.135 e. The van der Waals surface area contributed by atoms with E-state index in [-0.39, 0.29) is 5.41 Å². The summed E-state index contributed by atoms with van der Waals surface area (Å²) in [7, 11) is 0. The number of benzene rings is 7. The molecule has 7 aromatic carbocycles. The predicted octanol–water partition coefficient (Wildman–Crippen LogP) is 13.5. The van der Waals surface area contributed by atoms with Gasteiger partial charge < -0.3 is 4.42 Å². The number of hydrogen-bond donors (Lipinski definition) is 0. The summed E-state index contributed by atoms with van der Waals surface area (Å²) >= 11 is 0. The van der Waals surface area contributed by atoms with Gasteiger partial charge in [-0.2, -0.15) is 0 Å². The van der Waals surface area contributed by atoms with Gasteiger partial charge in [0.15, 0.2) is 0 Å². The molecule has 8 aromatic rings. The van der Waals surface area contributed by atoms with E-state index in [0.29, 0.717) is 0 Å². The molecule has 0 N–H and O–H groups in total. The first kappa shape index (κ1) is 28.3. The van der Waals surface area contributed by atoms with Crippen LogP contribution in [0.25, 0.3) is 77.2 Å². The molecule has 5 aliphatic carbocycles. The van der Waals surface area contributed by atoms with Crippen LogP contribution in [0.4, 0.5) is 0 Å². The van der Waals surface area contributed by atoms with Gasteiger partial charge in [-0.25, -0.2) is 0 Å². The predicted molar refractivity (Wildman–Crippen MR) is 211 cm³/mol. The lowest BCUT2D eigenvalue weighted by Crippen LogP contribution is -2.55. The molecule has 1 heterocycles. The molecule has 244 valence electrons. The van der Waals surface area contributed by atoms with E-state index >= 15 is 0 Å². The molecule has 1 nitrogen and oxygen atoms in total. The third kappa shape index (κ3) is 3.98. The Labute approximate surface area is 298 Å². The van der Waals surface area contributed by atoms with E-state index in [9.17, 15) is 0 Å². The Kier molecular flexibility index (Phi) is 5.73. The lowest BCUT2D eigenvalue weighted by Gasteiger charge is -2.61. The maximum atomic E-state index is 6.40. The van der Waals surface area contributed by atoms with Gasteiger partial charge in [0.05, 0.1) is 0 Å². The van der Waals surface area contributed by atoms with Gasteiger partial charge in [0, 0.05) is 16.2 Å². The topological polar surface area (TPSA) is 13.1 Å². The Morgan fingerprint density at radius 3 is 1.61 bits per heavy atom. The highest BCUT2D eigenvalue weighted by atomic mass is 16.3. The molecule has 5 aliphatic rings. The molecule has 4 fully saturated rings. The zero-order valence-electron chi connectivity index (χ0n) is 28.6. The first-order chi connectivity index (χ1) is 25.2. The van der Waals surface area contributed by atoms with Crippen molar-refractivity contribution in [1.29, 1.82) is 0 Å². The van der Waals surface area contributed by atoms with Gasteiger partial charge in [0.2, 0.25) is 0 Å². The first-order valence-corrected chi connectivity index (χ1v) is 19.0. The Balaban J connectivity index is 0.922. The van der Waals surface area contributed by atoms with Crippen LogP contribution in [0.5, 0.6) is 0 Å². The highest BCUT2D eigenvalue weighted by molar-refractivity contribution is 6.08. The lowest BCUT2D eigenvalue weighted by molar-refractivity contribution is -0.0399. The summed E-state index contributed by atoms with van der Waals surface area (Å²) in [5, 5.41) is 4.89. The molecule has 0 atom stereocenters. The van der Waals surface area contributed by atoms with E-state index in [1.165, 1.54) is 98.2 Å². The minimum Gasteiger partial charge on any atom is -0.456 e. The van der Waals surface area contributed by atoms with Crippen molar-refractivity contribution in [3.63, 3.8) is 0 Å². The molecule has 1 heteroatoms. The average molecular weight is 655 g/mol. The minimum atomic E-state index is 0.215. The molecule has 4 saturated carbocycles. The molecule has 0 amide bonds. The summed E-state index contributed by atoms with van der Waals surface area (Å²) in [5.41, 5.74) is 15.7. The highest BCUT2D eigenvalue weighted by Crippen LogP contribution is 2.69. The van der Waals surface area contributed by atoms with Gasteiger partial charge in [-0.15, -0.1) is 0 Å².